The van der Waals surface area contributed by atoms with Crippen LogP contribution in [0, 0.1) is 5.41 Å². The zero-order valence-corrected chi connectivity index (χ0v) is 15.7. The highest BCUT2D eigenvalue weighted by molar-refractivity contribution is 5.85. The van der Waals surface area contributed by atoms with Gasteiger partial charge in [-0.1, -0.05) is 6.42 Å². The molecule has 0 bridgehead atoms. The summed E-state index contributed by atoms with van der Waals surface area (Å²) in [4.78, 5) is 13.8. The third-order valence-corrected chi connectivity index (χ3v) is 5.48. The quantitative estimate of drug-likeness (QED) is 0.743. The van der Waals surface area contributed by atoms with E-state index in [2.05, 4.69) is 15.6 Å². The number of nitrogens with one attached hydrogen (secondary N) is 2. The van der Waals surface area contributed by atoms with Crippen molar-refractivity contribution in [2.45, 2.75) is 32.1 Å². The normalized spacial score (nSPS) is 18.0. The van der Waals surface area contributed by atoms with E-state index in [4.69, 9.17) is 9.97 Å². The van der Waals surface area contributed by atoms with E-state index in [1.54, 1.807) is 6.20 Å². The first-order valence-corrected chi connectivity index (χ1v) is 9.15. The lowest BCUT2D eigenvalue weighted by atomic mass is 9.69. The van der Waals surface area contributed by atoms with Crippen molar-refractivity contribution in [2.75, 3.05) is 31.6 Å². The van der Waals surface area contributed by atoms with E-state index in [0.717, 1.165) is 68.2 Å². The summed E-state index contributed by atoms with van der Waals surface area (Å²) >= 11 is 0. The van der Waals surface area contributed by atoms with Gasteiger partial charge in [0.15, 0.2) is 5.82 Å². The van der Waals surface area contributed by atoms with Crippen LogP contribution >= 0.6 is 12.4 Å². The molecule has 2 aromatic rings. The van der Waals surface area contributed by atoms with Gasteiger partial charge in [0.25, 0.3) is 0 Å². The molecule has 6 nitrogen and oxygen atoms in total. The van der Waals surface area contributed by atoms with E-state index < -0.39 is 0 Å². The molecule has 1 fully saturated rings. The van der Waals surface area contributed by atoms with Crippen LogP contribution in [0.4, 0.5) is 5.82 Å². The molecule has 140 valence electrons. The summed E-state index contributed by atoms with van der Waals surface area (Å²) in [7, 11) is 0. The summed E-state index contributed by atoms with van der Waals surface area (Å²) in [6.45, 7) is 2.90. The Bertz CT molecular complexity index is 731. The first-order chi connectivity index (χ1) is 12.3. The average molecular weight is 376 g/mol. The van der Waals surface area contributed by atoms with Gasteiger partial charge in [-0.3, -0.25) is 4.98 Å². The number of fused-ring (bicyclic) bond motifs is 1. The third kappa shape index (κ3) is 3.82. The minimum Gasteiger partial charge on any atom is -0.396 e. The van der Waals surface area contributed by atoms with Gasteiger partial charge in [0.2, 0.25) is 0 Å². The second-order valence-corrected chi connectivity index (χ2v) is 7.18. The van der Waals surface area contributed by atoms with Crippen molar-refractivity contribution in [3.8, 4) is 11.4 Å². The SMILES string of the molecule is Cl.OCC1(CNc2nc(-c3cccnc3)nc3c2CCNCC3)CCC1. The first-order valence-electron chi connectivity index (χ1n) is 9.15. The zero-order valence-electron chi connectivity index (χ0n) is 14.9. The van der Waals surface area contributed by atoms with Crippen molar-refractivity contribution in [1.29, 1.82) is 0 Å². The minimum absolute atomic E-state index is 0. The summed E-state index contributed by atoms with van der Waals surface area (Å²) < 4.78 is 0. The summed E-state index contributed by atoms with van der Waals surface area (Å²) in [6, 6.07) is 3.91. The van der Waals surface area contributed by atoms with E-state index in [0.29, 0.717) is 0 Å². The van der Waals surface area contributed by atoms with E-state index in [1.807, 2.05) is 18.3 Å². The predicted molar refractivity (Wildman–Crippen MR) is 105 cm³/mol. The first kappa shape index (κ1) is 19.0. The molecule has 0 spiro atoms. The number of aromatic nitrogens is 3. The van der Waals surface area contributed by atoms with E-state index in [-0.39, 0.29) is 24.4 Å². The lowest BCUT2D eigenvalue weighted by Crippen LogP contribution is -2.40. The van der Waals surface area contributed by atoms with Crippen LogP contribution in [0.1, 0.15) is 30.5 Å². The number of aliphatic hydroxyl groups excluding tert-OH is 1. The molecule has 0 amide bonds. The Hall–Kier alpha value is -1.76. The molecule has 3 N–H and O–H groups in total. The predicted octanol–water partition coefficient (Wildman–Crippen LogP) is 2.22. The largest absolute Gasteiger partial charge is 0.396 e. The zero-order chi connectivity index (χ0) is 17.1. The second kappa shape index (κ2) is 8.29. The molecule has 0 aromatic carbocycles. The number of halogens is 1. The number of rotatable bonds is 5. The van der Waals surface area contributed by atoms with Gasteiger partial charge in [0, 0.05) is 48.4 Å². The van der Waals surface area contributed by atoms with Gasteiger partial charge in [-0.15, -0.1) is 12.4 Å². The Morgan fingerprint density at radius 2 is 2.04 bits per heavy atom. The minimum atomic E-state index is 0. The Morgan fingerprint density at radius 1 is 1.19 bits per heavy atom. The molecular formula is C19H26ClN5O. The van der Waals surface area contributed by atoms with Crippen LogP contribution in [-0.4, -0.2) is 46.3 Å². The molecule has 3 heterocycles. The number of hydrogen-bond acceptors (Lipinski definition) is 6. The lowest BCUT2D eigenvalue weighted by Gasteiger charge is -2.40. The molecule has 1 aliphatic heterocycles. The van der Waals surface area contributed by atoms with Gasteiger partial charge in [-0.2, -0.15) is 0 Å². The fraction of sp³-hybridized carbons (Fsp3) is 0.526. The van der Waals surface area contributed by atoms with Gasteiger partial charge in [-0.25, -0.2) is 9.97 Å². The van der Waals surface area contributed by atoms with E-state index in [9.17, 15) is 5.11 Å². The molecule has 26 heavy (non-hydrogen) atoms. The summed E-state index contributed by atoms with van der Waals surface area (Å²) in [5.74, 6) is 1.65. The molecular weight excluding hydrogens is 350 g/mol. The van der Waals surface area contributed by atoms with Crippen LogP contribution in [0.2, 0.25) is 0 Å². The average Bonchev–Trinajstić information content (AvgIpc) is 2.87. The van der Waals surface area contributed by atoms with Crippen LogP contribution in [0.15, 0.2) is 24.5 Å². The highest BCUT2D eigenvalue weighted by Crippen LogP contribution is 2.40. The number of anilines is 1. The van der Waals surface area contributed by atoms with Gasteiger partial charge in [0.05, 0.1) is 12.3 Å². The second-order valence-electron chi connectivity index (χ2n) is 7.18. The van der Waals surface area contributed by atoms with Crippen LogP contribution < -0.4 is 10.6 Å². The van der Waals surface area contributed by atoms with E-state index >= 15 is 0 Å². The van der Waals surface area contributed by atoms with Gasteiger partial charge in [-0.05, 0) is 37.9 Å². The summed E-state index contributed by atoms with van der Waals surface area (Å²) in [5, 5.41) is 16.7. The standard InChI is InChI=1S/C19H25N5O.ClH/c25-13-19(6-2-7-19)12-22-18-15-4-9-20-10-5-16(15)23-17(24-18)14-3-1-8-21-11-14;/h1,3,8,11,20,25H,2,4-7,9-10,12-13H2,(H,22,23,24);1H. The van der Waals surface area contributed by atoms with Crippen molar-refractivity contribution in [2.24, 2.45) is 5.41 Å². The van der Waals surface area contributed by atoms with E-state index in [1.165, 1.54) is 12.0 Å². The van der Waals surface area contributed by atoms with Gasteiger partial charge >= 0.3 is 0 Å². The maximum atomic E-state index is 9.74. The molecule has 7 heteroatoms. The molecule has 0 saturated heterocycles. The Kier molecular flexibility index (Phi) is 6.06. The van der Waals surface area contributed by atoms with Gasteiger partial charge in [0.1, 0.15) is 5.82 Å². The van der Waals surface area contributed by atoms with Crippen LogP contribution in [-0.2, 0) is 12.8 Å². The third-order valence-electron chi connectivity index (χ3n) is 5.48. The fourth-order valence-electron chi connectivity index (χ4n) is 3.65. The lowest BCUT2D eigenvalue weighted by molar-refractivity contribution is 0.0575. The molecule has 2 aromatic heterocycles. The molecule has 2 aliphatic rings. The van der Waals surface area contributed by atoms with Gasteiger partial charge < -0.3 is 15.7 Å². The van der Waals surface area contributed by atoms with Crippen molar-refractivity contribution < 1.29 is 5.11 Å². The monoisotopic (exact) mass is 375 g/mol. The molecule has 4 rings (SSSR count). The number of nitrogens with zero attached hydrogens (tertiary/aromatic N) is 3. The highest BCUT2D eigenvalue weighted by atomic mass is 35.5. The van der Waals surface area contributed by atoms with Crippen molar-refractivity contribution in [1.82, 2.24) is 20.3 Å². The maximum absolute atomic E-state index is 9.74. The maximum Gasteiger partial charge on any atom is 0.163 e. The van der Waals surface area contributed by atoms with Crippen molar-refractivity contribution in [3.63, 3.8) is 0 Å². The molecule has 0 radical (unpaired) electrons. The summed E-state index contributed by atoms with van der Waals surface area (Å²) in [6.07, 6.45) is 8.78. The molecule has 0 atom stereocenters. The molecule has 1 saturated carbocycles. The number of hydrogen-bond donors (Lipinski definition) is 3. The highest BCUT2D eigenvalue weighted by Gasteiger charge is 2.36. The topological polar surface area (TPSA) is 83.0 Å². The van der Waals surface area contributed by atoms with Crippen molar-refractivity contribution >= 4 is 18.2 Å². The van der Waals surface area contributed by atoms with Crippen LogP contribution in [0.3, 0.4) is 0 Å². The summed E-state index contributed by atoms with van der Waals surface area (Å²) in [5.41, 5.74) is 3.29. The Labute approximate surface area is 160 Å². The number of pyridine rings is 1. The Morgan fingerprint density at radius 3 is 2.73 bits per heavy atom. The fourth-order valence-corrected chi connectivity index (χ4v) is 3.65. The smallest absolute Gasteiger partial charge is 0.163 e. The van der Waals surface area contributed by atoms with Crippen molar-refractivity contribution in [3.05, 3.63) is 35.8 Å². The van der Waals surface area contributed by atoms with Crippen LogP contribution in [0.25, 0.3) is 11.4 Å². The number of aliphatic hydroxyl groups is 1. The molecule has 1 aliphatic carbocycles. The molecule has 0 unspecified atom stereocenters. The Balaban J connectivity index is 0.00000196. The van der Waals surface area contributed by atoms with Crippen LogP contribution in [0.5, 0.6) is 0 Å².